The molecule has 4 unspecified atom stereocenters. The number of hydrogen-bond donors (Lipinski definition) is 1. The Kier molecular flexibility index (Phi) is 2.71. The van der Waals surface area contributed by atoms with Crippen LogP contribution in [0, 0.1) is 5.92 Å². The van der Waals surface area contributed by atoms with Gasteiger partial charge in [-0.05, 0) is 32.1 Å². The van der Waals surface area contributed by atoms with Gasteiger partial charge in [0.1, 0.15) is 6.04 Å². The van der Waals surface area contributed by atoms with E-state index in [9.17, 15) is 13.2 Å². The van der Waals surface area contributed by atoms with Gasteiger partial charge in [-0.1, -0.05) is 0 Å². The Bertz CT molecular complexity index is 239. The van der Waals surface area contributed by atoms with Gasteiger partial charge in [-0.25, -0.2) is 0 Å². The van der Waals surface area contributed by atoms with Crippen molar-refractivity contribution in [3.05, 3.63) is 0 Å². The smallest absolute Gasteiger partial charge is 0.326 e. The predicted octanol–water partition coefficient (Wildman–Crippen LogP) is 1.75. The van der Waals surface area contributed by atoms with Gasteiger partial charge in [-0.2, -0.15) is 13.2 Å². The van der Waals surface area contributed by atoms with Crippen LogP contribution in [-0.4, -0.2) is 35.7 Å². The highest BCUT2D eigenvalue weighted by molar-refractivity contribution is 4.99. The van der Waals surface area contributed by atoms with Crippen LogP contribution in [0.4, 0.5) is 13.2 Å². The van der Waals surface area contributed by atoms with Crippen molar-refractivity contribution in [2.45, 2.75) is 50.5 Å². The molecule has 0 spiro atoms. The van der Waals surface area contributed by atoms with Gasteiger partial charge in [0, 0.05) is 18.6 Å². The Morgan fingerprint density at radius 1 is 1.33 bits per heavy atom. The van der Waals surface area contributed by atoms with Crippen LogP contribution in [0.1, 0.15) is 26.2 Å². The molecule has 1 heterocycles. The number of nitrogens with zero attached hydrogens (tertiary/aromatic N) is 1. The van der Waals surface area contributed by atoms with Gasteiger partial charge in [-0.15, -0.1) is 0 Å². The molecule has 2 nitrogen and oxygen atoms in total. The average molecular weight is 222 g/mol. The number of nitrogens with two attached hydrogens (primary N) is 1. The van der Waals surface area contributed by atoms with Crippen molar-refractivity contribution in [1.82, 2.24) is 4.90 Å². The molecule has 2 rings (SSSR count). The molecule has 0 aromatic heterocycles. The van der Waals surface area contributed by atoms with Crippen LogP contribution in [0.15, 0.2) is 0 Å². The third-order valence-electron chi connectivity index (χ3n) is 3.64. The SMILES string of the molecule is CC(N)C(N1CC2CCC1C2)C(F)(F)F. The summed E-state index contributed by atoms with van der Waals surface area (Å²) in [6.07, 6.45) is -1.27. The van der Waals surface area contributed by atoms with Gasteiger partial charge in [0.05, 0.1) is 0 Å². The van der Waals surface area contributed by atoms with Gasteiger partial charge in [0.2, 0.25) is 0 Å². The van der Waals surface area contributed by atoms with E-state index >= 15 is 0 Å². The minimum atomic E-state index is -4.20. The molecule has 88 valence electrons. The van der Waals surface area contributed by atoms with Crippen LogP contribution in [0.5, 0.6) is 0 Å². The van der Waals surface area contributed by atoms with Crippen LogP contribution < -0.4 is 5.73 Å². The number of likely N-dealkylation sites (tertiary alicyclic amines) is 1. The maximum absolute atomic E-state index is 12.8. The lowest BCUT2D eigenvalue weighted by atomic mass is 10.0. The number of alkyl halides is 3. The molecule has 1 saturated carbocycles. The Morgan fingerprint density at radius 3 is 2.33 bits per heavy atom. The highest BCUT2D eigenvalue weighted by Crippen LogP contribution is 2.42. The summed E-state index contributed by atoms with van der Waals surface area (Å²) >= 11 is 0. The van der Waals surface area contributed by atoms with Crippen molar-refractivity contribution in [3.63, 3.8) is 0 Å². The normalized spacial score (nSPS) is 35.8. The first-order chi connectivity index (χ1) is 6.89. The van der Waals surface area contributed by atoms with E-state index in [4.69, 9.17) is 5.73 Å². The maximum Gasteiger partial charge on any atom is 0.405 e. The molecule has 5 heteroatoms. The van der Waals surface area contributed by atoms with E-state index in [2.05, 4.69) is 0 Å². The van der Waals surface area contributed by atoms with Gasteiger partial charge in [0.15, 0.2) is 0 Å². The second-order valence-corrected chi connectivity index (χ2v) is 4.88. The average Bonchev–Trinajstić information content (AvgIpc) is 2.60. The molecule has 4 atom stereocenters. The summed E-state index contributed by atoms with van der Waals surface area (Å²) in [5.74, 6) is 0.471. The lowest BCUT2D eigenvalue weighted by molar-refractivity contribution is -0.192. The number of rotatable bonds is 2. The molecule has 0 amide bonds. The van der Waals surface area contributed by atoms with E-state index in [0.717, 1.165) is 19.3 Å². The molecule has 2 fully saturated rings. The zero-order valence-electron chi connectivity index (χ0n) is 8.80. The van der Waals surface area contributed by atoms with E-state index in [1.165, 1.54) is 6.92 Å². The minimum Gasteiger partial charge on any atom is -0.326 e. The Morgan fingerprint density at radius 2 is 2.00 bits per heavy atom. The molecule has 2 N–H and O–H groups in total. The van der Waals surface area contributed by atoms with Crippen LogP contribution in [-0.2, 0) is 0 Å². The first-order valence-electron chi connectivity index (χ1n) is 5.47. The molecule has 0 radical (unpaired) electrons. The predicted molar refractivity (Wildman–Crippen MR) is 51.3 cm³/mol. The lowest BCUT2D eigenvalue weighted by Gasteiger charge is -2.38. The fourth-order valence-corrected chi connectivity index (χ4v) is 3.09. The number of fused-ring (bicyclic) bond motifs is 2. The lowest BCUT2D eigenvalue weighted by Crippen LogP contribution is -2.57. The maximum atomic E-state index is 12.8. The van der Waals surface area contributed by atoms with E-state index in [1.807, 2.05) is 0 Å². The van der Waals surface area contributed by atoms with Crippen LogP contribution >= 0.6 is 0 Å². The third-order valence-corrected chi connectivity index (χ3v) is 3.64. The summed E-state index contributed by atoms with van der Waals surface area (Å²) in [7, 11) is 0. The topological polar surface area (TPSA) is 29.3 Å². The van der Waals surface area contributed by atoms with E-state index in [1.54, 1.807) is 4.90 Å². The van der Waals surface area contributed by atoms with Gasteiger partial charge in [-0.3, -0.25) is 4.90 Å². The first-order valence-corrected chi connectivity index (χ1v) is 5.47. The summed E-state index contributed by atoms with van der Waals surface area (Å²) < 4.78 is 38.5. The third kappa shape index (κ3) is 1.99. The molecular weight excluding hydrogens is 205 g/mol. The summed E-state index contributed by atoms with van der Waals surface area (Å²) in [6, 6.07) is -2.18. The van der Waals surface area contributed by atoms with Crippen molar-refractivity contribution in [2.24, 2.45) is 11.7 Å². The summed E-state index contributed by atoms with van der Waals surface area (Å²) in [4.78, 5) is 1.58. The van der Waals surface area contributed by atoms with Gasteiger partial charge >= 0.3 is 6.18 Å². The zero-order chi connectivity index (χ0) is 11.2. The van der Waals surface area contributed by atoms with Crippen LogP contribution in [0.2, 0.25) is 0 Å². The van der Waals surface area contributed by atoms with Crippen molar-refractivity contribution < 1.29 is 13.2 Å². The van der Waals surface area contributed by atoms with Crippen LogP contribution in [0.3, 0.4) is 0 Å². The molecule has 1 aliphatic carbocycles. The number of halogens is 3. The molecule has 0 aromatic rings. The Labute approximate surface area is 87.6 Å². The summed E-state index contributed by atoms with van der Waals surface area (Å²) in [5.41, 5.74) is 5.47. The van der Waals surface area contributed by atoms with Crippen molar-refractivity contribution in [3.8, 4) is 0 Å². The van der Waals surface area contributed by atoms with Crippen molar-refractivity contribution in [1.29, 1.82) is 0 Å². The Hall–Kier alpha value is -0.290. The van der Waals surface area contributed by atoms with E-state index in [0.29, 0.717) is 12.5 Å². The van der Waals surface area contributed by atoms with E-state index < -0.39 is 18.3 Å². The van der Waals surface area contributed by atoms with Crippen LogP contribution in [0.25, 0.3) is 0 Å². The molecule has 0 aromatic carbocycles. The first kappa shape index (κ1) is 11.2. The molecular formula is C10H17F3N2. The fourth-order valence-electron chi connectivity index (χ4n) is 3.09. The molecule has 1 saturated heterocycles. The summed E-state index contributed by atoms with van der Waals surface area (Å²) in [5, 5.41) is 0. The molecule has 2 aliphatic rings. The highest BCUT2D eigenvalue weighted by atomic mass is 19.4. The van der Waals surface area contributed by atoms with Gasteiger partial charge in [0.25, 0.3) is 0 Å². The van der Waals surface area contributed by atoms with E-state index in [-0.39, 0.29) is 6.04 Å². The molecule has 2 bridgehead atoms. The zero-order valence-corrected chi connectivity index (χ0v) is 8.80. The minimum absolute atomic E-state index is 0.118. The number of piperidine rings is 1. The molecule has 1 aliphatic heterocycles. The second kappa shape index (κ2) is 3.63. The van der Waals surface area contributed by atoms with Gasteiger partial charge < -0.3 is 5.73 Å². The standard InChI is InChI=1S/C10H17F3N2/c1-6(14)9(10(11,12)13)15-5-7-2-3-8(15)4-7/h6-9H,2-5,14H2,1H3. The second-order valence-electron chi connectivity index (χ2n) is 4.88. The molecule has 15 heavy (non-hydrogen) atoms. The van der Waals surface area contributed by atoms with Crippen molar-refractivity contribution >= 4 is 0 Å². The number of hydrogen-bond acceptors (Lipinski definition) is 2. The quantitative estimate of drug-likeness (QED) is 0.771. The van der Waals surface area contributed by atoms with Crippen molar-refractivity contribution in [2.75, 3.05) is 6.54 Å². The largest absolute Gasteiger partial charge is 0.405 e. The monoisotopic (exact) mass is 222 g/mol. The highest BCUT2D eigenvalue weighted by Gasteiger charge is 2.52. The fraction of sp³-hybridized carbons (Fsp3) is 1.00. The Balaban J connectivity index is 2.12. The summed E-state index contributed by atoms with van der Waals surface area (Å²) in [6.45, 7) is 2.03.